The summed E-state index contributed by atoms with van der Waals surface area (Å²) < 4.78 is 10.9. The molecule has 44 heavy (non-hydrogen) atoms. The summed E-state index contributed by atoms with van der Waals surface area (Å²) in [6.07, 6.45) is 2.06. The van der Waals surface area contributed by atoms with Crippen LogP contribution in [-0.4, -0.2) is 80.0 Å². The number of thiazole rings is 1. The van der Waals surface area contributed by atoms with E-state index in [1.165, 1.54) is 25.2 Å². The molecule has 15 heteroatoms. The highest BCUT2D eigenvalue weighted by molar-refractivity contribution is 7.98. The zero-order valence-electron chi connectivity index (χ0n) is 26.5. The minimum atomic E-state index is -1.36. The molecule has 4 amide bonds. The molecule has 0 saturated carbocycles. The maximum Gasteiger partial charge on any atom is 0.408 e. The van der Waals surface area contributed by atoms with Crippen LogP contribution in [0.2, 0.25) is 0 Å². The van der Waals surface area contributed by atoms with Gasteiger partial charge in [0.25, 0.3) is 5.91 Å². The van der Waals surface area contributed by atoms with Gasteiger partial charge >= 0.3 is 12.1 Å². The number of ether oxygens (including phenoxy) is 2. The molecular formula is C29H45N5O8S2. The SMILES string of the molecule is CC(C)[C@@H]1NC(=O)C(C)(C)NC(=O)c2csc(n2)CNC(=O)C[C@@H](/C=C/CC/[SH]=C(/O)[C@H](C)NC(=O)OC(C)(C)C)OC1=O. The zero-order valence-corrected chi connectivity index (χ0v) is 28.2. The molecule has 246 valence electrons. The van der Waals surface area contributed by atoms with Crippen LogP contribution in [0.5, 0.6) is 0 Å². The summed E-state index contributed by atoms with van der Waals surface area (Å²) in [5, 5.41) is 23.1. The average Bonchev–Trinajstić information content (AvgIpc) is 3.37. The summed E-state index contributed by atoms with van der Waals surface area (Å²) in [4.78, 5) is 68.0. The van der Waals surface area contributed by atoms with Crippen molar-refractivity contribution in [1.29, 1.82) is 0 Å². The van der Waals surface area contributed by atoms with Gasteiger partial charge < -0.3 is 35.8 Å². The van der Waals surface area contributed by atoms with Gasteiger partial charge in [0.05, 0.1) is 24.1 Å². The average molecular weight is 656 g/mol. The molecule has 3 atom stereocenters. The van der Waals surface area contributed by atoms with E-state index >= 15 is 0 Å². The predicted molar refractivity (Wildman–Crippen MR) is 171 cm³/mol. The molecule has 2 rings (SSSR count). The summed E-state index contributed by atoms with van der Waals surface area (Å²) in [6.45, 7) is 13.5. The number of thiol groups is 1. The number of cyclic esters (lactones) is 1. The summed E-state index contributed by atoms with van der Waals surface area (Å²) in [7, 11) is 0. The van der Waals surface area contributed by atoms with Crippen molar-refractivity contribution in [3.63, 3.8) is 0 Å². The van der Waals surface area contributed by atoms with Gasteiger partial charge in [-0.1, -0.05) is 19.9 Å². The number of alkyl carbamates (subject to hydrolysis) is 1. The van der Waals surface area contributed by atoms with Crippen LogP contribution in [-0.2, 0) is 30.4 Å². The van der Waals surface area contributed by atoms with Crippen LogP contribution in [0.25, 0.3) is 0 Å². The molecular weight excluding hydrogens is 610 g/mol. The Morgan fingerprint density at radius 2 is 1.95 bits per heavy atom. The van der Waals surface area contributed by atoms with Crippen molar-refractivity contribution in [2.75, 3.05) is 5.75 Å². The second-order valence-corrected chi connectivity index (χ2v) is 14.3. The Morgan fingerprint density at radius 3 is 2.59 bits per heavy atom. The van der Waals surface area contributed by atoms with Gasteiger partial charge in [0.15, 0.2) is 0 Å². The monoisotopic (exact) mass is 655 g/mol. The van der Waals surface area contributed by atoms with Crippen molar-refractivity contribution in [3.05, 3.63) is 28.2 Å². The van der Waals surface area contributed by atoms with E-state index in [1.54, 1.807) is 59.1 Å². The molecule has 0 unspecified atom stereocenters. The second-order valence-electron chi connectivity index (χ2n) is 12.2. The van der Waals surface area contributed by atoms with Crippen molar-refractivity contribution in [3.8, 4) is 0 Å². The van der Waals surface area contributed by atoms with Crippen molar-refractivity contribution in [2.45, 2.75) is 104 Å². The lowest BCUT2D eigenvalue weighted by Crippen LogP contribution is -2.59. The molecule has 1 aromatic heterocycles. The third-order valence-corrected chi connectivity index (χ3v) is 8.16. The number of carbonyl (C=O) groups is 5. The quantitative estimate of drug-likeness (QED) is 0.0845. The van der Waals surface area contributed by atoms with E-state index in [0.717, 1.165) is 0 Å². The van der Waals surface area contributed by atoms with E-state index in [-0.39, 0.29) is 29.6 Å². The van der Waals surface area contributed by atoms with E-state index < -0.39 is 59.1 Å². The number of nitrogens with one attached hydrogen (secondary N) is 4. The van der Waals surface area contributed by atoms with Gasteiger partial charge in [0, 0.05) is 5.38 Å². The number of rotatable bonds is 7. The summed E-state index contributed by atoms with van der Waals surface area (Å²) in [5.41, 5.74) is -1.90. The molecule has 1 aliphatic rings. The molecule has 1 aliphatic heterocycles. The molecule has 0 spiro atoms. The standard InChI is InChI=1S/C29H45N5O8S2/c1-16(2)22-24(37)41-18(11-9-10-12-43-25(38)17(3)31-27(40)42-28(4,5)6)13-20(35)30-14-21-32-19(15-44-21)23(36)34-29(7,8)26(39)33-22/h9,11,15-18,22,38,43H,10,12-14H2,1-8H3,(H,30,35)(H,31,40)(H,33,39)(H,34,36)/b11-9+/t17-,18+,22-/m0/s1. The van der Waals surface area contributed by atoms with Crippen molar-refractivity contribution < 1.29 is 38.6 Å². The molecule has 0 fully saturated rings. The Kier molecular flexibility index (Phi) is 13.5. The topological polar surface area (TPSA) is 185 Å². The number of amides is 4. The van der Waals surface area contributed by atoms with E-state index in [9.17, 15) is 29.1 Å². The molecule has 13 nitrogen and oxygen atoms in total. The van der Waals surface area contributed by atoms with E-state index in [1.807, 2.05) is 0 Å². The molecule has 0 aromatic carbocycles. The lowest BCUT2D eigenvalue weighted by Gasteiger charge is -2.29. The number of fused-ring (bicyclic) bond motifs is 2. The van der Waals surface area contributed by atoms with Crippen LogP contribution >= 0.6 is 22.7 Å². The number of hydrogen-bond acceptors (Lipinski definition) is 9. The van der Waals surface area contributed by atoms with Gasteiger partial charge in [-0.05, 0) is 65.7 Å². The maximum absolute atomic E-state index is 13.2. The number of allylic oxidation sites excluding steroid dienone is 1. The van der Waals surface area contributed by atoms with Gasteiger partial charge in [-0.15, -0.1) is 11.3 Å². The van der Waals surface area contributed by atoms with Gasteiger partial charge in [-0.25, -0.2) is 14.6 Å². The Bertz CT molecular complexity index is 1270. The Balaban J connectivity index is 2.16. The number of hydrogen-bond donors (Lipinski definition) is 6. The Labute approximate surface area is 265 Å². The number of nitrogens with zero attached hydrogens (tertiary/aromatic N) is 1. The minimum Gasteiger partial charge on any atom is -0.456 e. The third kappa shape index (κ3) is 12.4. The summed E-state index contributed by atoms with van der Waals surface area (Å²) in [5.74, 6) is -2.13. The smallest absolute Gasteiger partial charge is 0.408 e. The van der Waals surface area contributed by atoms with Crippen LogP contribution in [0.15, 0.2) is 17.5 Å². The first-order valence-corrected chi connectivity index (χ1v) is 16.3. The van der Waals surface area contributed by atoms with Gasteiger partial charge in [0.2, 0.25) is 11.8 Å². The van der Waals surface area contributed by atoms with Crippen molar-refractivity contribution in [2.24, 2.45) is 5.92 Å². The van der Waals surface area contributed by atoms with Crippen LogP contribution in [0.4, 0.5) is 4.79 Å². The van der Waals surface area contributed by atoms with E-state index in [0.29, 0.717) is 28.5 Å². The van der Waals surface area contributed by atoms with Crippen molar-refractivity contribution >= 4 is 57.5 Å². The number of aliphatic hydroxyl groups is 1. The van der Waals surface area contributed by atoms with Gasteiger partial charge in [0.1, 0.15) is 34.0 Å². The number of aliphatic hydroxyl groups excluding tert-OH is 1. The number of aromatic nitrogens is 1. The molecule has 2 heterocycles. The Hall–Kier alpha value is -3.30. The normalized spacial score (nSPS) is 21.5. The first-order valence-electron chi connectivity index (χ1n) is 14.3. The summed E-state index contributed by atoms with van der Waals surface area (Å²) in [6, 6.07) is -1.66. The molecule has 1 aromatic rings. The van der Waals surface area contributed by atoms with Crippen molar-refractivity contribution in [1.82, 2.24) is 26.3 Å². The molecule has 0 aliphatic carbocycles. The highest BCUT2D eigenvalue weighted by Crippen LogP contribution is 2.15. The maximum atomic E-state index is 13.2. The zero-order chi connectivity index (χ0) is 33.2. The molecule has 2 bridgehead atoms. The first-order chi connectivity index (χ1) is 20.4. The highest BCUT2D eigenvalue weighted by atomic mass is 32.1. The fourth-order valence-electron chi connectivity index (χ4n) is 3.71. The third-order valence-electron chi connectivity index (χ3n) is 6.12. The molecule has 5 N–H and O–H groups in total. The van der Waals surface area contributed by atoms with Crippen LogP contribution < -0.4 is 21.3 Å². The number of carbonyl (C=O) groups excluding carboxylic acids is 5. The molecule has 0 radical (unpaired) electrons. The fourth-order valence-corrected chi connectivity index (χ4v) is 5.27. The van der Waals surface area contributed by atoms with Gasteiger partial charge in [-0.2, -0.15) is 11.4 Å². The first kappa shape index (κ1) is 36.9. The Morgan fingerprint density at radius 1 is 1.27 bits per heavy atom. The fraction of sp³-hybridized carbons (Fsp3) is 0.621. The minimum absolute atomic E-state index is 0.0553. The lowest BCUT2D eigenvalue weighted by atomic mass is 9.99. The van der Waals surface area contributed by atoms with Crippen LogP contribution in [0.1, 0.15) is 83.7 Å². The summed E-state index contributed by atoms with van der Waals surface area (Å²) >= 11 is 1.77. The van der Waals surface area contributed by atoms with Crippen LogP contribution in [0.3, 0.4) is 0 Å². The largest absolute Gasteiger partial charge is 0.456 e. The number of esters is 1. The predicted octanol–water partition coefficient (Wildman–Crippen LogP) is 2.74. The van der Waals surface area contributed by atoms with Crippen LogP contribution in [0, 0.1) is 5.92 Å². The highest BCUT2D eigenvalue weighted by Gasteiger charge is 2.36. The van der Waals surface area contributed by atoms with E-state index in [2.05, 4.69) is 26.3 Å². The van der Waals surface area contributed by atoms with Gasteiger partial charge in [-0.3, -0.25) is 14.4 Å². The second kappa shape index (κ2) is 16.1. The lowest BCUT2D eigenvalue weighted by molar-refractivity contribution is -0.153. The van der Waals surface area contributed by atoms with E-state index in [4.69, 9.17) is 9.47 Å². The molecule has 0 saturated heterocycles.